The SMILES string of the molecule is O=C1Nc2ccc(Br)cc2C1CC1CCCCC1. The van der Waals surface area contributed by atoms with E-state index in [-0.39, 0.29) is 11.8 Å². The molecule has 18 heavy (non-hydrogen) atoms. The largest absolute Gasteiger partial charge is 0.325 e. The van der Waals surface area contributed by atoms with Crippen molar-refractivity contribution >= 4 is 27.5 Å². The Morgan fingerprint density at radius 3 is 2.78 bits per heavy atom. The van der Waals surface area contributed by atoms with Crippen molar-refractivity contribution in [1.82, 2.24) is 0 Å². The van der Waals surface area contributed by atoms with Gasteiger partial charge in [0.2, 0.25) is 5.91 Å². The van der Waals surface area contributed by atoms with Crippen LogP contribution in [0.25, 0.3) is 0 Å². The van der Waals surface area contributed by atoms with E-state index in [1.54, 1.807) is 0 Å². The van der Waals surface area contributed by atoms with Gasteiger partial charge < -0.3 is 5.32 Å². The van der Waals surface area contributed by atoms with E-state index in [1.165, 1.54) is 37.7 Å². The number of anilines is 1. The second-order valence-electron chi connectivity index (χ2n) is 5.51. The number of rotatable bonds is 2. The Bertz CT molecular complexity index is 466. The molecule has 1 fully saturated rings. The molecule has 1 atom stereocenters. The number of hydrogen-bond acceptors (Lipinski definition) is 1. The highest BCUT2D eigenvalue weighted by molar-refractivity contribution is 9.10. The summed E-state index contributed by atoms with van der Waals surface area (Å²) in [6.45, 7) is 0. The van der Waals surface area contributed by atoms with Crippen LogP contribution in [-0.2, 0) is 4.79 Å². The summed E-state index contributed by atoms with van der Waals surface area (Å²) in [7, 11) is 0. The van der Waals surface area contributed by atoms with Gasteiger partial charge in [0.1, 0.15) is 0 Å². The van der Waals surface area contributed by atoms with Crippen LogP contribution < -0.4 is 5.32 Å². The van der Waals surface area contributed by atoms with Gasteiger partial charge in [-0.2, -0.15) is 0 Å². The summed E-state index contributed by atoms with van der Waals surface area (Å²) in [5.41, 5.74) is 2.18. The van der Waals surface area contributed by atoms with Crippen LogP contribution in [0.4, 0.5) is 5.69 Å². The van der Waals surface area contributed by atoms with E-state index in [0.717, 1.165) is 22.5 Å². The third kappa shape index (κ3) is 2.33. The van der Waals surface area contributed by atoms with Crippen molar-refractivity contribution in [3.8, 4) is 0 Å². The molecule has 0 saturated heterocycles. The maximum Gasteiger partial charge on any atom is 0.232 e. The van der Waals surface area contributed by atoms with E-state index in [9.17, 15) is 4.79 Å². The number of hydrogen-bond donors (Lipinski definition) is 1. The molecule has 1 aromatic rings. The Balaban J connectivity index is 1.80. The molecule has 3 rings (SSSR count). The first kappa shape index (κ1) is 12.2. The average Bonchev–Trinajstić information content (AvgIpc) is 2.67. The minimum atomic E-state index is 0.0700. The second-order valence-corrected chi connectivity index (χ2v) is 6.43. The molecular weight excluding hydrogens is 290 g/mol. The molecule has 1 aliphatic heterocycles. The van der Waals surface area contributed by atoms with Crippen molar-refractivity contribution in [3.05, 3.63) is 28.2 Å². The zero-order valence-corrected chi connectivity index (χ0v) is 12.0. The first-order valence-corrected chi connectivity index (χ1v) is 7.63. The van der Waals surface area contributed by atoms with Gasteiger partial charge in [-0.15, -0.1) is 0 Å². The van der Waals surface area contributed by atoms with Gasteiger partial charge in [0.15, 0.2) is 0 Å². The Labute approximate surface area is 116 Å². The standard InChI is InChI=1S/C15H18BrNO/c16-11-6-7-14-12(9-11)13(15(18)17-14)8-10-4-2-1-3-5-10/h6-7,9-10,13H,1-5,8H2,(H,17,18). The van der Waals surface area contributed by atoms with Gasteiger partial charge in [0.05, 0.1) is 5.92 Å². The molecule has 1 N–H and O–H groups in total. The summed E-state index contributed by atoms with van der Waals surface area (Å²) in [5, 5.41) is 3.00. The lowest BCUT2D eigenvalue weighted by Gasteiger charge is -2.23. The van der Waals surface area contributed by atoms with Gasteiger partial charge in [-0.05, 0) is 36.1 Å². The van der Waals surface area contributed by atoms with Crippen LogP contribution in [0, 0.1) is 5.92 Å². The quantitative estimate of drug-likeness (QED) is 0.859. The Morgan fingerprint density at radius 1 is 1.22 bits per heavy atom. The predicted octanol–water partition coefficient (Wildman–Crippen LogP) is 4.46. The number of benzene rings is 1. The fraction of sp³-hybridized carbons (Fsp3) is 0.533. The number of carbonyl (C=O) groups excluding carboxylic acids is 1. The zero-order chi connectivity index (χ0) is 12.5. The number of nitrogens with one attached hydrogen (secondary N) is 1. The zero-order valence-electron chi connectivity index (χ0n) is 10.4. The summed E-state index contributed by atoms with van der Waals surface area (Å²) in [6.07, 6.45) is 7.67. The van der Waals surface area contributed by atoms with E-state index < -0.39 is 0 Å². The van der Waals surface area contributed by atoms with E-state index in [0.29, 0.717) is 0 Å². The molecule has 0 bridgehead atoms. The van der Waals surface area contributed by atoms with Crippen molar-refractivity contribution in [3.63, 3.8) is 0 Å². The maximum atomic E-state index is 12.1. The Kier molecular flexibility index (Phi) is 3.42. The molecule has 1 unspecified atom stereocenters. The van der Waals surface area contributed by atoms with Gasteiger partial charge in [0.25, 0.3) is 0 Å². The molecule has 1 aliphatic carbocycles. The van der Waals surface area contributed by atoms with Crippen LogP contribution in [-0.4, -0.2) is 5.91 Å². The lowest BCUT2D eigenvalue weighted by atomic mass is 9.81. The number of halogens is 1. The minimum absolute atomic E-state index is 0.0700. The second kappa shape index (κ2) is 5.04. The lowest BCUT2D eigenvalue weighted by Crippen LogP contribution is -2.17. The fourth-order valence-corrected chi connectivity index (χ4v) is 3.67. The Hall–Kier alpha value is -0.830. The number of amides is 1. The average molecular weight is 308 g/mol. The topological polar surface area (TPSA) is 29.1 Å². The van der Waals surface area contributed by atoms with E-state index in [2.05, 4.69) is 27.3 Å². The van der Waals surface area contributed by atoms with Crippen molar-refractivity contribution in [2.45, 2.75) is 44.4 Å². The highest BCUT2D eigenvalue weighted by atomic mass is 79.9. The van der Waals surface area contributed by atoms with Crippen LogP contribution >= 0.6 is 15.9 Å². The monoisotopic (exact) mass is 307 g/mol. The molecule has 1 saturated carbocycles. The van der Waals surface area contributed by atoms with Crippen LogP contribution in [0.5, 0.6) is 0 Å². The van der Waals surface area contributed by atoms with Crippen LogP contribution in [0.15, 0.2) is 22.7 Å². The highest BCUT2D eigenvalue weighted by Crippen LogP contribution is 2.40. The first-order valence-electron chi connectivity index (χ1n) is 6.84. The van der Waals surface area contributed by atoms with Crippen molar-refractivity contribution in [2.24, 2.45) is 5.92 Å². The summed E-state index contributed by atoms with van der Waals surface area (Å²) in [4.78, 5) is 12.1. The molecule has 1 amide bonds. The van der Waals surface area contributed by atoms with E-state index in [1.807, 2.05) is 12.1 Å². The summed E-state index contributed by atoms with van der Waals surface area (Å²) >= 11 is 3.50. The molecule has 0 spiro atoms. The third-order valence-corrected chi connectivity index (χ3v) is 4.75. The molecule has 0 radical (unpaired) electrons. The van der Waals surface area contributed by atoms with Gasteiger partial charge >= 0.3 is 0 Å². The normalized spacial score (nSPS) is 23.8. The molecule has 1 heterocycles. The van der Waals surface area contributed by atoms with Crippen molar-refractivity contribution in [2.75, 3.05) is 5.32 Å². The number of carbonyl (C=O) groups is 1. The molecule has 3 heteroatoms. The summed E-state index contributed by atoms with van der Waals surface area (Å²) in [5.74, 6) is 0.994. The summed E-state index contributed by atoms with van der Waals surface area (Å²) < 4.78 is 1.06. The third-order valence-electron chi connectivity index (χ3n) is 4.26. The lowest BCUT2D eigenvalue weighted by molar-refractivity contribution is -0.117. The molecule has 2 nitrogen and oxygen atoms in total. The minimum Gasteiger partial charge on any atom is -0.325 e. The smallest absolute Gasteiger partial charge is 0.232 e. The van der Waals surface area contributed by atoms with Crippen molar-refractivity contribution < 1.29 is 4.79 Å². The maximum absolute atomic E-state index is 12.1. The van der Waals surface area contributed by atoms with Crippen molar-refractivity contribution in [1.29, 1.82) is 0 Å². The van der Waals surface area contributed by atoms with Crippen LogP contribution in [0.2, 0.25) is 0 Å². The van der Waals surface area contributed by atoms with Gasteiger partial charge in [-0.3, -0.25) is 4.79 Å². The van der Waals surface area contributed by atoms with E-state index in [4.69, 9.17) is 0 Å². The molecule has 96 valence electrons. The van der Waals surface area contributed by atoms with E-state index >= 15 is 0 Å². The van der Waals surface area contributed by atoms with Gasteiger partial charge in [-0.1, -0.05) is 48.0 Å². The first-order chi connectivity index (χ1) is 8.74. The number of fused-ring (bicyclic) bond motifs is 1. The fourth-order valence-electron chi connectivity index (χ4n) is 3.29. The molecule has 1 aromatic carbocycles. The molecule has 0 aromatic heterocycles. The van der Waals surface area contributed by atoms with Gasteiger partial charge in [0, 0.05) is 10.2 Å². The van der Waals surface area contributed by atoms with Crippen LogP contribution in [0.3, 0.4) is 0 Å². The molecular formula is C15H18BrNO. The highest BCUT2D eigenvalue weighted by Gasteiger charge is 2.32. The van der Waals surface area contributed by atoms with Crippen LogP contribution in [0.1, 0.15) is 50.0 Å². The molecule has 2 aliphatic rings. The Morgan fingerprint density at radius 2 is 2.00 bits per heavy atom. The summed E-state index contributed by atoms with van der Waals surface area (Å²) in [6, 6.07) is 6.08. The van der Waals surface area contributed by atoms with Gasteiger partial charge in [-0.25, -0.2) is 0 Å². The predicted molar refractivity (Wildman–Crippen MR) is 76.7 cm³/mol.